The fraction of sp³-hybridized carbons (Fsp3) is 0.533. The van der Waals surface area contributed by atoms with Crippen LogP contribution in [0.15, 0.2) is 6.33 Å². The van der Waals surface area contributed by atoms with E-state index in [9.17, 15) is 4.79 Å². The number of aryl methyl sites for hydroxylation is 2. The summed E-state index contributed by atoms with van der Waals surface area (Å²) in [6.45, 7) is 1.79. The van der Waals surface area contributed by atoms with E-state index in [1.165, 1.54) is 23.2 Å². The topological polar surface area (TPSA) is 55.3 Å². The Bertz CT molecular complexity index is 692. The molecule has 5 nitrogen and oxygen atoms in total. The molecule has 1 amide bonds. The highest BCUT2D eigenvalue weighted by Gasteiger charge is 2.23. The highest BCUT2D eigenvalue weighted by molar-refractivity contribution is 7.18. The zero-order valence-corrected chi connectivity index (χ0v) is 12.6. The van der Waals surface area contributed by atoms with Gasteiger partial charge in [-0.3, -0.25) is 4.79 Å². The van der Waals surface area contributed by atoms with Crippen LogP contribution in [0.5, 0.6) is 5.88 Å². The molecule has 1 aliphatic carbocycles. The monoisotopic (exact) mass is 303 g/mol. The fourth-order valence-corrected chi connectivity index (χ4v) is 4.42. The zero-order valence-electron chi connectivity index (χ0n) is 11.8. The van der Waals surface area contributed by atoms with E-state index in [0.717, 1.165) is 49.0 Å². The fourth-order valence-electron chi connectivity index (χ4n) is 3.20. The van der Waals surface area contributed by atoms with Gasteiger partial charge in [-0.05, 0) is 37.7 Å². The molecule has 4 rings (SSSR count). The number of hydrogen-bond acceptors (Lipinski definition) is 5. The van der Waals surface area contributed by atoms with E-state index in [-0.39, 0.29) is 12.5 Å². The maximum absolute atomic E-state index is 12.1. The van der Waals surface area contributed by atoms with Crippen molar-refractivity contribution in [3.05, 3.63) is 16.8 Å². The smallest absolute Gasteiger partial charge is 0.260 e. The lowest BCUT2D eigenvalue weighted by atomic mass is 10.2. The Morgan fingerprint density at radius 1 is 1.24 bits per heavy atom. The maximum Gasteiger partial charge on any atom is 0.260 e. The van der Waals surface area contributed by atoms with Crippen LogP contribution < -0.4 is 4.74 Å². The predicted octanol–water partition coefficient (Wildman–Crippen LogP) is 2.18. The molecule has 1 aliphatic heterocycles. The first-order valence-electron chi connectivity index (χ1n) is 7.49. The lowest BCUT2D eigenvalue weighted by molar-refractivity contribution is -0.132. The molecule has 0 bridgehead atoms. The Kier molecular flexibility index (Phi) is 3.25. The minimum absolute atomic E-state index is 0.0612. The van der Waals surface area contributed by atoms with E-state index in [1.54, 1.807) is 11.3 Å². The molecule has 0 saturated carbocycles. The summed E-state index contributed by atoms with van der Waals surface area (Å²) in [6, 6.07) is 0. The molecule has 2 aromatic heterocycles. The van der Waals surface area contributed by atoms with Crippen LogP contribution >= 0.6 is 11.3 Å². The van der Waals surface area contributed by atoms with Gasteiger partial charge in [-0.2, -0.15) is 0 Å². The second kappa shape index (κ2) is 5.26. The third kappa shape index (κ3) is 2.27. The highest BCUT2D eigenvalue weighted by atomic mass is 32.1. The van der Waals surface area contributed by atoms with Crippen LogP contribution in [0.1, 0.15) is 29.7 Å². The van der Waals surface area contributed by atoms with Crippen molar-refractivity contribution < 1.29 is 9.53 Å². The minimum atomic E-state index is 0.0612. The molecule has 110 valence electrons. The summed E-state index contributed by atoms with van der Waals surface area (Å²) >= 11 is 1.73. The molecule has 0 radical (unpaired) electrons. The second-order valence-corrected chi connectivity index (χ2v) is 6.68. The number of carbonyl (C=O) groups excluding carboxylic acids is 1. The number of amides is 1. The first kappa shape index (κ1) is 13.0. The van der Waals surface area contributed by atoms with Gasteiger partial charge in [0, 0.05) is 18.0 Å². The number of thiophene rings is 1. The quantitative estimate of drug-likeness (QED) is 0.872. The molecule has 0 N–H and O–H groups in total. The van der Waals surface area contributed by atoms with Crippen molar-refractivity contribution in [2.24, 2.45) is 0 Å². The lowest BCUT2D eigenvalue weighted by Crippen LogP contribution is -2.32. The van der Waals surface area contributed by atoms with Gasteiger partial charge in [0.05, 0.1) is 5.39 Å². The van der Waals surface area contributed by atoms with E-state index in [4.69, 9.17) is 4.74 Å². The van der Waals surface area contributed by atoms with E-state index < -0.39 is 0 Å². The standard InChI is InChI=1S/C15H17N3O2S/c19-12(18-6-1-2-7-18)8-20-14-13-10-4-3-5-11(10)21-15(13)17-9-16-14/h9H,1-8H2. The van der Waals surface area contributed by atoms with Crippen molar-refractivity contribution in [2.45, 2.75) is 32.1 Å². The van der Waals surface area contributed by atoms with Crippen molar-refractivity contribution in [1.29, 1.82) is 0 Å². The van der Waals surface area contributed by atoms with Crippen LogP contribution in [0, 0.1) is 0 Å². The zero-order chi connectivity index (χ0) is 14.2. The number of ether oxygens (including phenoxy) is 1. The van der Waals surface area contributed by atoms with Crippen molar-refractivity contribution >= 4 is 27.5 Å². The number of hydrogen-bond donors (Lipinski definition) is 0. The van der Waals surface area contributed by atoms with Gasteiger partial charge in [-0.25, -0.2) is 9.97 Å². The SMILES string of the molecule is O=C(COc1ncnc2sc3c(c12)CCC3)N1CCCC1. The number of fused-ring (bicyclic) bond motifs is 3. The Hall–Kier alpha value is -1.69. The average molecular weight is 303 g/mol. The van der Waals surface area contributed by atoms with Gasteiger partial charge in [-0.15, -0.1) is 11.3 Å². The third-order valence-corrected chi connectivity index (χ3v) is 5.46. The van der Waals surface area contributed by atoms with Crippen molar-refractivity contribution in [3.63, 3.8) is 0 Å². The molecule has 0 spiro atoms. The molecule has 1 fully saturated rings. The summed E-state index contributed by atoms with van der Waals surface area (Å²) < 4.78 is 5.74. The number of nitrogens with zero attached hydrogens (tertiary/aromatic N) is 3. The molecular weight excluding hydrogens is 286 g/mol. The van der Waals surface area contributed by atoms with Gasteiger partial charge in [-0.1, -0.05) is 0 Å². The molecular formula is C15H17N3O2S. The highest BCUT2D eigenvalue weighted by Crippen LogP contribution is 2.39. The first-order valence-corrected chi connectivity index (χ1v) is 8.30. The number of likely N-dealkylation sites (tertiary alicyclic amines) is 1. The van der Waals surface area contributed by atoms with Gasteiger partial charge >= 0.3 is 0 Å². The second-order valence-electron chi connectivity index (χ2n) is 5.59. The summed E-state index contributed by atoms with van der Waals surface area (Å²) in [7, 11) is 0. The Labute approximate surface area is 127 Å². The normalized spacial score (nSPS) is 17.4. The third-order valence-electron chi connectivity index (χ3n) is 4.26. The predicted molar refractivity (Wildman–Crippen MR) is 80.7 cm³/mol. The maximum atomic E-state index is 12.1. The molecule has 3 heterocycles. The van der Waals surface area contributed by atoms with Gasteiger partial charge < -0.3 is 9.64 Å². The summed E-state index contributed by atoms with van der Waals surface area (Å²) in [6.07, 6.45) is 7.12. The molecule has 6 heteroatoms. The van der Waals surface area contributed by atoms with Gasteiger partial charge in [0.1, 0.15) is 11.2 Å². The Balaban J connectivity index is 1.57. The van der Waals surface area contributed by atoms with Crippen LogP contribution in [-0.4, -0.2) is 40.5 Å². The molecule has 21 heavy (non-hydrogen) atoms. The summed E-state index contributed by atoms with van der Waals surface area (Å²) in [5.41, 5.74) is 1.33. The molecule has 0 unspecified atom stereocenters. The van der Waals surface area contributed by atoms with Crippen LogP contribution in [0.2, 0.25) is 0 Å². The van der Waals surface area contributed by atoms with Crippen LogP contribution in [0.25, 0.3) is 10.2 Å². The molecule has 2 aliphatic rings. The molecule has 1 saturated heterocycles. The summed E-state index contributed by atoms with van der Waals surface area (Å²) in [4.78, 5) is 24.9. The van der Waals surface area contributed by atoms with Crippen molar-refractivity contribution in [1.82, 2.24) is 14.9 Å². The largest absolute Gasteiger partial charge is 0.467 e. The van der Waals surface area contributed by atoms with Crippen LogP contribution in [-0.2, 0) is 17.6 Å². The molecule has 2 aromatic rings. The average Bonchev–Trinajstić information content (AvgIpc) is 3.19. The molecule has 0 aromatic carbocycles. The minimum Gasteiger partial charge on any atom is -0.467 e. The summed E-state index contributed by atoms with van der Waals surface area (Å²) in [5, 5.41) is 1.03. The van der Waals surface area contributed by atoms with Crippen LogP contribution in [0.3, 0.4) is 0 Å². The van der Waals surface area contributed by atoms with Crippen molar-refractivity contribution in [2.75, 3.05) is 19.7 Å². The van der Waals surface area contributed by atoms with E-state index >= 15 is 0 Å². The van der Waals surface area contributed by atoms with Crippen LogP contribution in [0.4, 0.5) is 0 Å². The van der Waals surface area contributed by atoms with Gasteiger partial charge in [0.25, 0.3) is 5.91 Å². The van der Waals surface area contributed by atoms with Gasteiger partial charge in [0.15, 0.2) is 6.61 Å². The van der Waals surface area contributed by atoms with E-state index in [1.807, 2.05) is 4.90 Å². The Morgan fingerprint density at radius 2 is 2.10 bits per heavy atom. The molecule has 0 atom stereocenters. The van der Waals surface area contributed by atoms with E-state index in [2.05, 4.69) is 9.97 Å². The van der Waals surface area contributed by atoms with E-state index in [0.29, 0.717) is 5.88 Å². The number of aromatic nitrogens is 2. The number of carbonyl (C=O) groups is 1. The van der Waals surface area contributed by atoms with Crippen molar-refractivity contribution in [3.8, 4) is 5.88 Å². The van der Waals surface area contributed by atoms with Gasteiger partial charge in [0.2, 0.25) is 5.88 Å². The summed E-state index contributed by atoms with van der Waals surface area (Å²) in [5.74, 6) is 0.637. The number of rotatable bonds is 3. The Morgan fingerprint density at radius 3 is 2.95 bits per heavy atom. The first-order chi connectivity index (χ1) is 10.3. The lowest BCUT2D eigenvalue weighted by Gasteiger charge is -2.15.